The molecule has 36 heavy (non-hydrogen) atoms. The van der Waals surface area contributed by atoms with E-state index in [2.05, 4.69) is 19.6 Å². The van der Waals surface area contributed by atoms with Gasteiger partial charge in [0.2, 0.25) is 5.91 Å². The van der Waals surface area contributed by atoms with Gasteiger partial charge < -0.3 is 19.3 Å². The minimum absolute atomic E-state index is 0.0211. The fourth-order valence-corrected chi connectivity index (χ4v) is 5.60. The highest BCUT2D eigenvalue weighted by molar-refractivity contribution is 6.76. The molecule has 2 fully saturated rings. The predicted molar refractivity (Wildman–Crippen MR) is 138 cm³/mol. The molecule has 1 N–H and O–H groups in total. The minimum atomic E-state index is -1.67. The van der Waals surface area contributed by atoms with Crippen LogP contribution in [0, 0.1) is 0 Å². The maximum atomic E-state index is 15.7. The summed E-state index contributed by atoms with van der Waals surface area (Å²) in [7, 11) is -1.29. The van der Waals surface area contributed by atoms with Crippen molar-refractivity contribution in [3.8, 4) is 0 Å². The lowest BCUT2D eigenvalue weighted by Gasteiger charge is -2.36. The van der Waals surface area contributed by atoms with Gasteiger partial charge in [0.15, 0.2) is 0 Å². The lowest BCUT2D eigenvalue weighted by Crippen LogP contribution is -2.53. The summed E-state index contributed by atoms with van der Waals surface area (Å²) < 4.78 is 23.1. The van der Waals surface area contributed by atoms with Crippen LogP contribution in [0.2, 0.25) is 25.7 Å². The van der Waals surface area contributed by atoms with E-state index < -0.39 is 25.9 Å². The molecule has 2 aromatic rings. The fourth-order valence-electron chi connectivity index (χ4n) is 4.84. The van der Waals surface area contributed by atoms with E-state index in [1.807, 2.05) is 24.3 Å². The van der Waals surface area contributed by atoms with E-state index in [9.17, 15) is 19.5 Å². The summed E-state index contributed by atoms with van der Waals surface area (Å²) >= 11 is 0. The molecular formula is C25H35FN4O5Si. The lowest BCUT2D eigenvalue weighted by molar-refractivity contribution is -0.133. The molecule has 4 amide bonds. The predicted octanol–water partition coefficient (Wildman–Crippen LogP) is 4.59. The van der Waals surface area contributed by atoms with E-state index >= 15 is 4.39 Å². The Morgan fingerprint density at radius 3 is 2.69 bits per heavy atom. The monoisotopic (exact) mass is 518 g/mol. The van der Waals surface area contributed by atoms with Crippen LogP contribution in [0.4, 0.5) is 19.7 Å². The summed E-state index contributed by atoms with van der Waals surface area (Å²) in [5, 5.41) is 10.1. The number of carbonyl (C=O) groups is 3. The number of rotatable bonds is 8. The average molecular weight is 519 g/mol. The molecular weight excluding hydrogens is 483 g/mol. The molecule has 2 saturated heterocycles. The van der Waals surface area contributed by atoms with Gasteiger partial charge in [-0.3, -0.25) is 9.69 Å². The number of amides is 4. The van der Waals surface area contributed by atoms with E-state index in [0.29, 0.717) is 25.3 Å². The molecule has 196 valence electrons. The summed E-state index contributed by atoms with van der Waals surface area (Å²) in [6.07, 6.45) is 1.61. The third kappa shape index (κ3) is 5.72. The van der Waals surface area contributed by atoms with E-state index in [1.165, 1.54) is 0 Å². The Bertz CT molecular complexity index is 1150. The first-order chi connectivity index (χ1) is 17.0. The first-order valence-corrected chi connectivity index (χ1v) is 16.1. The molecule has 2 aliphatic rings. The number of piperidine rings is 1. The lowest BCUT2D eigenvalue weighted by atomic mass is 9.94. The molecule has 1 aromatic carbocycles. The van der Waals surface area contributed by atoms with Crippen LogP contribution in [0.15, 0.2) is 30.5 Å². The third-order valence-electron chi connectivity index (χ3n) is 6.86. The molecule has 11 heteroatoms. The zero-order valence-electron chi connectivity index (χ0n) is 21.2. The largest absolute Gasteiger partial charge is 0.465 e. The van der Waals surface area contributed by atoms with Crippen molar-refractivity contribution in [3.05, 3.63) is 30.5 Å². The van der Waals surface area contributed by atoms with Crippen molar-refractivity contribution < 1.29 is 28.6 Å². The van der Waals surface area contributed by atoms with Gasteiger partial charge in [0, 0.05) is 45.8 Å². The number of anilines is 1. The zero-order chi connectivity index (χ0) is 26.1. The molecule has 1 aromatic heterocycles. The number of halogens is 1. The highest BCUT2D eigenvalue weighted by Crippen LogP contribution is 2.33. The number of alkyl halides is 1. The molecule has 0 radical (unpaired) electrons. The third-order valence-corrected chi connectivity index (χ3v) is 8.57. The van der Waals surface area contributed by atoms with Gasteiger partial charge in [-0.05, 0) is 37.1 Å². The zero-order valence-corrected chi connectivity index (χ0v) is 22.2. The molecule has 0 saturated carbocycles. The Hall–Kier alpha value is -2.92. The van der Waals surface area contributed by atoms with Crippen LogP contribution in [-0.4, -0.2) is 84.2 Å². The normalized spacial score (nSPS) is 21.5. The summed E-state index contributed by atoms with van der Waals surface area (Å²) in [6, 6.07) is 7.84. The number of carbonyl (C=O) groups excluding carboxylic acids is 2. The Kier molecular flexibility index (Phi) is 7.42. The highest BCUT2D eigenvalue weighted by Gasteiger charge is 2.38. The maximum Gasteiger partial charge on any atom is 0.407 e. The number of ether oxygens (including phenoxy) is 1. The number of hydrogen-bond acceptors (Lipinski definition) is 4. The Morgan fingerprint density at radius 2 is 1.97 bits per heavy atom. The summed E-state index contributed by atoms with van der Waals surface area (Å²) in [6.45, 7) is 7.61. The number of aromatic nitrogens is 1. The van der Waals surface area contributed by atoms with Crippen LogP contribution >= 0.6 is 0 Å². The number of fused-ring (bicyclic) bond motifs is 1. The molecule has 3 heterocycles. The number of urea groups is 1. The van der Waals surface area contributed by atoms with E-state index in [0.717, 1.165) is 26.7 Å². The second-order valence-corrected chi connectivity index (χ2v) is 16.6. The SMILES string of the molecule is C[Si](C)(C)CCOCN1C(=O)CCN(c2cccc3c2ccn3C[C@]2(F)CCCN(C(=O)O)C2)C1=O. The number of nitrogens with zero attached hydrogens (tertiary/aromatic N) is 4. The maximum absolute atomic E-state index is 15.7. The van der Waals surface area contributed by atoms with Crippen LogP contribution in [0.25, 0.3) is 10.9 Å². The molecule has 0 spiro atoms. The van der Waals surface area contributed by atoms with E-state index in [1.54, 1.807) is 15.7 Å². The van der Waals surface area contributed by atoms with Crippen LogP contribution in [0.1, 0.15) is 19.3 Å². The first kappa shape index (κ1) is 26.1. The summed E-state index contributed by atoms with van der Waals surface area (Å²) in [5.74, 6) is -0.256. The van der Waals surface area contributed by atoms with Gasteiger partial charge in [-0.1, -0.05) is 25.7 Å². The van der Waals surface area contributed by atoms with Crippen molar-refractivity contribution in [1.29, 1.82) is 0 Å². The van der Waals surface area contributed by atoms with Crippen molar-refractivity contribution in [1.82, 2.24) is 14.4 Å². The van der Waals surface area contributed by atoms with Crippen molar-refractivity contribution in [2.24, 2.45) is 0 Å². The van der Waals surface area contributed by atoms with Gasteiger partial charge in [0.05, 0.1) is 24.3 Å². The van der Waals surface area contributed by atoms with Crippen LogP contribution < -0.4 is 4.90 Å². The Labute approximate surface area is 211 Å². The Balaban J connectivity index is 1.51. The van der Waals surface area contributed by atoms with Gasteiger partial charge in [-0.15, -0.1) is 0 Å². The highest BCUT2D eigenvalue weighted by atomic mass is 28.3. The molecule has 1 atom stereocenters. The van der Waals surface area contributed by atoms with Crippen LogP contribution in [0.3, 0.4) is 0 Å². The van der Waals surface area contributed by atoms with Crippen molar-refractivity contribution in [3.63, 3.8) is 0 Å². The number of carboxylic acid groups (broad SMARTS) is 1. The molecule has 9 nitrogen and oxygen atoms in total. The van der Waals surface area contributed by atoms with Gasteiger partial charge in [0.1, 0.15) is 12.4 Å². The number of hydrogen-bond donors (Lipinski definition) is 1. The van der Waals surface area contributed by atoms with E-state index in [-0.39, 0.29) is 45.1 Å². The van der Waals surface area contributed by atoms with Crippen LogP contribution in [-0.2, 0) is 16.1 Å². The van der Waals surface area contributed by atoms with Gasteiger partial charge in [0.25, 0.3) is 0 Å². The summed E-state index contributed by atoms with van der Waals surface area (Å²) in [5.41, 5.74) is -0.269. The van der Waals surface area contributed by atoms with Crippen molar-refractivity contribution in [2.45, 2.75) is 57.2 Å². The van der Waals surface area contributed by atoms with Gasteiger partial charge in [-0.25, -0.2) is 18.9 Å². The molecule has 0 unspecified atom stereocenters. The Morgan fingerprint density at radius 1 is 1.19 bits per heavy atom. The summed E-state index contributed by atoms with van der Waals surface area (Å²) in [4.78, 5) is 41.0. The topological polar surface area (TPSA) is 95.3 Å². The second-order valence-electron chi connectivity index (χ2n) is 11.0. The van der Waals surface area contributed by atoms with Gasteiger partial charge >= 0.3 is 12.1 Å². The average Bonchev–Trinajstić information content (AvgIpc) is 3.20. The number of likely N-dealkylation sites (tertiary alicyclic amines) is 1. The molecule has 0 bridgehead atoms. The fraction of sp³-hybridized carbons (Fsp3) is 0.560. The number of imide groups is 1. The molecule has 0 aliphatic carbocycles. The van der Waals surface area contributed by atoms with E-state index in [4.69, 9.17) is 4.74 Å². The molecule has 2 aliphatic heterocycles. The minimum Gasteiger partial charge on any atom is -0.465 e. The van der Waals surface area contributed by atoms with Crippen molar-refractivity contribution >= 4 is 42.7 Å². The molecule has 4 rings (SSSR count). The quantitative estimate of drug-likeness (QED) is 0.407. The first-order valence-electron chi connectivity index (χ1n) is 12.4. The standard InChI is InChI=1S/C25H35FN4O5Si/c1-36(2,3)15-14-35-18-30-22(31)9-13-29(23(30)32)21-7-4-6-20-19(21)8-12-27(20)16-25(26)10-5-11-28(17-25)24(33)34/h4,6-8,12H,5,9-11,13-18H2,1-3H3,(H,33,34)/t25-/m1/s1. The van der Waals surface area contributed by atoms with Gasteiger partial charge in [-0.2, -0.15) is 0 Å². The second kappa shape index (κ2) is 10.2. The van der Waals surface area contributed by atoms with Crippen molar-refractivity contribution in [2.75, 3.05) is 37.9 Å². The number of benzene rings is 1. The smallest absolute Gasteiger partial charge is 0.407 e. The van der Waals surface area contributed by atoms with Crippen LogP contribution in [0.5, 0.6) is 0 Å².